The van der Waals surface area contributed by atoms with Crippen molar-refractivity contribution in [3.05, 3.63) is 508 Å². The van der Waals surface area contributed by atoms with Crippen LogP contribution < -0.4 is 0 Å². The number of hydrogen-bond acceptors (Lipinski definition) is 2. The van der Waals surface area contributed by atoms with Crippen LogP contribution in [-0.2, 0) is 6.42 Å². The molecule has 1 aliphatic rings. The summed E-state index contributed by atoms with van der Waals surface area (Å²) in [6, 6.07) is 135. The van der Waals surface area contributed by atoms with Crippen LogP contribution in [0.25, 0.3) is 253 Å². The predicted octanol–water partition coefficient (Wildman–Crippen LogP) is 36.8. The Morgan fingerprint density at radius 2 is 0.474 bits per heavy atom. The third-order valence-electron chi connectivity index (χ3n) is 26.5. The molecule has 0 atom stereocenters. The minimum absolute atomic E-state index is 0.202. The molecule has 27 rings (SSSR count). The van der Waals surface area contributed by atoms with Gasteiger partial charge in [-0.25, -0.2) is 0 Å². The van der Waals surface area contributed by atoms with Crippen molar-refractivity contribution in [3.63, 3.8) is 0 Å². The lowest BCUT2D eigenvalue weighted by Gasteiger charge is -2.19. The van der Waals surface area contributed by atoms with Gasteiger partial charge >= 0.3 is 0 Å². The smallest absolute Gasteiger partial charge is 0.136 e. The van der Waals surface area contributed by atoms with Gasteiger partial charge in [0.25, 0.3) is 0 Å². The molecule has 2 heterocycles. The molecule has 0 radical (unpaired) electrons. The number of para-hydroxylation sites is 2. The molecule has 0 saturated carbocycles. The molecule has 133 heavy (non-hydrogen) atoms. The highest BCUT2D eigenvalue weighted by Crippen LogP contribution is 2.53. The fourth-order valence-corrected chi connectivity index (χ4v) is 20.8. The topological polar surface area (TPSA) is 26.3 Å². The van der Waals surface area contributed by atoms with Crippen molar-refractivity contribution in [1.29, 1.82) is 0 Å². The zero-order chi connectivity index (χ0) is 101. The van der Waals surface area contributed by atoms with Crippen LogP contribution in [0.4, 0.5) is 0 Å². The van der Waals surface area contributed by atoms with E-state index >= 15 is 0 Å². The van der Waals surface area contributed by atoms with Gasteiger partial charge in [0.2, 0.25) is 0 Å². The van der Waals surface area contributed by atoms with Crippen molar-refractivity contribution in [2.24, 2.45) is 0 Å². The third-order valence-corrected chi connectivity index (χ3v) is 26.5. The monoisotopic (exact) mass is 1700 g/mol. The quantitative estimate of drug-likeness (QED) is 0.121. The maximum Gasteiger partial charge on any atom is 0.136 e. The van der Waals surface area contributed by atoms with Gasteiger partial charge in [-0.3, -0.25) is 0 Å². The molecule has 0 amide bonds. The second-order valence-electron chi connectivity index (χ2n) is 33.8. The molecule has 2 nitrogen and oxygen atoms in total. The Hall–Kier alpha value is -17.3. The summed E-state index contributed by atoms with van der Waals surface area (Å²) in [4.78, 5) is 0. The largest absolute Gasteiger partial charge is 0.456 e. The highest BCUT2D eigenvalue weighted by Gasteiger charge is 2.28. The average Bonchev–Trinajstić information content (AvgIpc) is 1.19. The highest BCUT2D eigenvalue weighted by molar-refractivity contribution is 6.25. The van der Waals surface area contributed by atoms with Crippen LogP contribution in [0, 0.1) is 0 Å². The van der Waals surface area contributed by atoms with Gasteiger partial charge in [-0.05, 0) is 251 Å². The SMILES string of the molecule is [2H]c1c([2H])c([2H])c(-c2c3ccccc3c(-c3ccc(-c4ccc5c(c4-c4cccc6ccccc46)-c4ccccc4C5)cc3)c3ccccc23)c([2H])c1[2H].[2H]c1c([2H])c([2H])c(-c2c3ccccc3c(-c3ccc(-c4ccc5oc6ccccc6c5c4)cc3)c3ccccc23)c([2H])c1[2H].[2H]c1c([2H])c([2H])c(-c2c3ccccc3c(-c3ccc(-c4ccc5oc6ccccc6c5c4-c4ccccc4)cc3)c3ccccc23)c([2H])c1[2H]. The Balaban J connectivity index is 0.000000116. The molecule has 0 N–H and O–H groups in total. The Kier molecular flexibility index (Phi) is 15.8. The number of benzene rings is 24. The summed E-state index contributed by atoms with van der Waals surface area (Å²) < 4.78 is 140. The maximum atomic E-state index is 8.88. The van der Waals surface area contributed by atoms with Gasteiger partial charge in [0, 0.05) is 27.1 Å². The lowest BCUT2D eigenvalue weighted by Crippen LogP contribution is -1.93. The zero-order valence-corrected chi connectivity index (χ0v) is 71.7. The Labute approximate surface area is 792 Å². The summed E-state index contributed by atoms with van der Waals surface area (Å²) in [5.74, 6) is 0. The molecule has 24 aromatic carbocycles. The normalized spacial score (nSPS) is 13.3. The second kappa shape index (κ2) is 33.1. The van der Waals surface area contributed by atoms with Crippen LogP contribution in [0.5, 0.6) is 0 Å². The third kappa shape index (κ3) is 13.6. The summed E-state index contributed by atoms with van der Waals surface area (Å²) in [7, 11) is 0. The van der Waals surface area contributed by atoms with E-state index in [0.29, 0.717) is 16.7 Å². The van der Waals surface area contributed by atoms with E-state index in [-0.39, 0.29) is 89.2 Å². The van der Waals surface area contributed by atoms with Crippen LogP contribution in [0.15, 0.2) is 506 Å². The first-order valence-corrected chi connectivity index (χ1v) is 44.7. The molecule has 2 heteroatoms. The highest BCUT2D eigenvalue weighted by atomic mass is 16.3. The van der Waals surface area contributed by atoms with Crippen LogP contribution >= 0.6 is 0 Å². The van der Waals surface area contributed by atoms with Crippen molar-refractivity contribution in [1.82, 2.24) is 0 Å². The van der Waals surface area contributed by atoms with Gasteiger partial charge < -0.3 is 8.83 Å². The number of furan rings is 2. The van der Waals surface area contributed by atoms with Crippen molar-refractivity contribution < 1.29 is 29.4 Å². The first kappa shape index (κ1) is 63.6. The lowest BCUT2D eigenvalue weighted by molar-refractivity contribution is 0.668. The average molecular weight is 1710 g/mol. The Morgan fingerprint density at radius 1 is 0.158 bits per heavy atom. The molecule has 0 spiro atoms. The Bertz CT molecular complexity index is 9810. The van der Waals surface area contributed by atoms with E-state index < -0.39 is 18.1 Å². The summed E-state index contributed by atoms with van der Waals surface area (Å²) >= 11 is 0. The minimum atomic E-state index is -0.399. The van der Waals surface area contributed by atoms with Gasteiger partial charge in [-0.15, -0.1) is 0 Å². The number of rotatable bonds is 11. The first-order valence-electron chi connectivity index (χ1n) is 52.2. The molecule has 0 unspecified atom stereocenters. The van der Waals surface area contributed by atoms with Gasteiger partial charge in [0.1, 0.15) is 22.3 Å². The lowest BCUT2D eigenvalue weighted by atomic mass is 9.84. The van der Waals surface area contributed by atoms with Crippen LogP contribution in [-0.4, -0.2) is 0 Å². The predicted molar refractivity (Wildman–Crippen MR) is 564 cm³/mol. The maximum absolute atomic E-state index is 8.88. The van der Waals surface area contributed by atoms with Crippen molar-refractivity contribution in [2.75, 3.05) is 0 Å². The number of fused-ring (bicyclic) bond motifs is 16. The molecular formula is C131H84O2. The zero-order valence-electron chi connectivity index (χ0n) is 86.7. The second-order valence-corrected chi connectivity index (χ2v) is 33.8. The van der Waals surface area contributed by atoms with Crippen LogP contribution in [0.3, 0.4) is 0 Å². The van der Waals surface area contributed by atoms with E-state index in [2.05, 4.69) is 237 Å². The summed E-state index contributed by atoms with van der Waals surface area (Å²) in [5, 5.41) is 17.5. The number of hydrogen-bond donors (Lipinski definition) is 0. The van der Waals surface area contributed by atoms with Gasteiger partial charge in [0.15, 0.2) is 0 Å². The van der Waals surface area contributed by atoms with Crippen molar-refractivity contribution in [2.45, 2.75) is 6.42 Å². The van der Waals surface area contributed by atoms with Crippen molar-refractivity contribution >= 4 is 119 Å². The molecule has 0 aliphatic heterocycles. The van der Waals surface area contributed by atoms with Crippen molar-refractivity contribution in [3.8, 4) is 134 Å². The van der Waals surface area contributed by atoms with Crippen LogP contribution in [0.2, 0.25) is 0 Å². The Morgan fingerprint density at radius 3 is 0.947 bits per heavy atom. The van der Waals surface area contributed by atoms with E-state index in [1.54, 1.807) is 0 Å². The molecule has 0 bridgehead atoms. The molecule has 26 aromatic rings. The van der Waals surface area contributed by atoms with E-state index in [1.807, 2.05) is 170 Å². The van der Waals surface area contributed by atoms with E-state index in [4.69, 9.17) is 29.4 Å². The van der Waals surface area contributed by atoms with Crippen LogP contribution in [0.1, 0.15) is 31.7 Å². The first-order chi connectivity index (χ1) is 72.2. The molecule has 2 aromatic heterocycles. The van der Waals surface area contributed by atoms with E-state index in [0.717, 1.165) is 187 Å². The molecule has 620 valence electrons. The minimum Gasteiger partial charge on any atom is -0.456 e. The summed E-state index contributed by atoms with van der Waals surface area (Å²) in [5.41, 5.74) is 28.9. The molecule has 0 fully saturated rings. The van der Waals surface area contributed by atoms with Gasteiger partial charge in [-0.2, -0.15) is 0 Å². The summed E-state index contributed by atoms with van der Waals surface area (Å²) in [6.45, 7) is 0. The summed E-state index contributed by atoms with van der Waals surface area (Å²) in [6.07, 6.45) is 0.918. The fourth-order valence-electron chi connectivity index (χ4n) is 20.8. The van der Waals surface area contributed by atoms with Gasteiger partial charge in [-0.1, -0.05) is 467 Å². The van der Waals surface area contributed by atoms with E-state index in [1.165, 1.54) is 49.7 Å². The van der Waals surface area contributed by atoms with Gasteiger partial charge in [0.05, 0.1) is 20.6 Å². The fraction of sp³-hybridized carbons (Fsp3) is 0.00763. The molecule has 0 saturated heterocycles. The molecular weight excluding hydrogens is 1610 g/mol. The van der Waals surface area contributed by atoms with E-state index in [9.17, 15) is 0 Å². The standard InChI is InChI=1S/C49H32.C44H28O.C38H24O/c1-2-14-34(15-3-1)46-42-20-8-10-22-44(42)47(45-23-11-9-21-43(45)46)35-27-25-33(26-28-35)40-30-29-37-31-36-16-5-7-19-39(36)48(37)49(40)41-24-12-17-32-13-4-6-18-38(32)41;1-3-13-30(14-4-1)41-34-17-7-9-19-36(34)42(37-20-10-8-18-35(37)41)32-25-23-29(24-26-32)33-27-28-40-44(38-21-11-12-22-39(38)45-40)43(33)31-15-5-2-6-16-31;1-2-10-26(11-3-1)37-30-13-4-6-15-32(30)38(33-16-7-5-14-31(33)37)27-20-18-25(19-21-27)28-22-23-36-34(24-28)29-12-8-9-17-35(29)39-36/h1-30H,31H2;1-28H;1-24H/i1D,2D,3D,14D,15D;1D,3D,4D,13D,14D;1D,2D,3D,10D,11D. The molecule has 1 aliphatic carbocycles.